The standard InChI is InChI=1S/C13H21NO/c1-11(14-15-13(2,3)4)10-12-8-6-5-7-9-12/h5-9,11,14H,10H2,1-4H3. The van der Waals surface area contributed by atoms with Gasteiger partial charge in [0.1, 0.15) is 0 Å². The normalized spacial score (nSPS) is 13.9. The highest BCUT2D eigenvalue weighted by atomic mass is 16.7. The second-order valence-electron chi connectivity index (χ2n) is 4.92. The highest BCUT2D eigenvalue weighted by Crippen LogP contribution is 2.07. The van der Waals surface area contributed by atoms with Gasteiger partial charge in [-0.15, -0.1) is 0 Å². The average Bonchev–Trinajstić information content (AvgIpc) is 2.15. The Morgan fingerprint density at radius 1 is 1.20 bits per heavy atom. The molecule has 0 amide bonds. The molecule has 1 rings (SSSR count). The summed E-state index contributed by atoms with van der Waals surface area (Å²) in [6, 6.07) is 10.8. The Labute approximate surface area is 92.6 Å². The average molecular weight is 207 g/mol. The summed E-state index contributed by atoms with van der Waals surface area (Å²) in [6.07, 6.45) is 0.983. The van der Waals surface area contributed by atoms with E-state index in [1.54, 1.807) is 0 Å². The molecule has 0 aliphatic carbocycles. The van der Waals surface area contributed by atoms with Crippen molar-refractivity contribution in [1.29, 1.82) is 0 Å². The van der Waals surface area contributed by atoms with Crippen molar-refractivity contribution in [2.24, 2.45) is 0 Å². The second-order valence-corrected chi connectivity index (χ2v) is 4.92. The fourth-order valence-electron chi connectivity index (χ4n) is 1.29. The van der Waals surface area contributed by atoms with Gasteiger partial charge in [-0.3, -0.25) is 4.84 Å². The summed E-state index contributed by atoms with van der Waals surface area (Å²) in [7, 11) is 0. The lowest BCUT2D eigenvalue weighted by Gasteiger charge is -2.23. The molecule has 1 atom stereocenters. The third-order valence-electron chi connectivity index (χ3n) is 1.95. The summed E-state index contributed by atoms with van der Waals surface area (Å²) in [4.78, 5) is 5.51. The number of hydrogen-bond acceptors (Lipinski definition) is 2. The molecule has 84 valence electrons. The first-order chi connectivity index (χ1) is 6.97. The second kappa shape index (κ2) is 5.29. The quantitative estimate of drug-likeness (QED) is 0.766. The molecule has 0 bridgehead atoms. The lowest BCUT2D eigenvalue weighted by molar-refractivity contribution is -0.0857. The van der Waals surface area contributed by atoms with Gasteiger partial charge in [-0.25, -0.2) is 0 Å². The number of rotatable bonds is 4. The van der Waals surface area contributed by atoms with Gasteiger partial charge < -0.3 is 0 Å². The van der Waals surface area contributed by atoms with Crippen LogP contribution in [0.4, 0.5) is 0 Å². The van der Waals surface area contributed by atoms with Crippen LogP contribution >= 0.6 is 0 Å². The smallest absolute Gasteiger partial charge is 0.0813 e. The molecule has 15 heavy (non-hydrogen) atoms. The third-order valence-corrected chi connectivity index (χ3v) is 1.95. The van der Waals surface area contributed by atoms with Crippen LogP contribution in [0, 0.1) is 0 Å². The zero-order valence-corrected chi connectivity index (χ0v) is 10.1. The Morgan fingerprint density at radius 2 is 1.80 bits per heavy atom. The Morgan fingerprint density at radius 3 is 2.33 bits per heavy atom. The Kier molecular flexibility index (Phi) is 4.30. The van der Waals surface area contributed by atoms with E-state index >= 15 is 0 Å². The van der Waals surface area contributed by atoms with Gasteiger partial charge in [0.25, 0.3) is 0 Å². The monoisotopic (exact) mass is 207 g/mol. The molecule has 0 aliphatic rings. The van der Waals surface area contributed by atoms with Crippen LogP contribution in [-0.2, 0) is 11.3 Å². The predicted molar refractivity (Wildman–Crippen MR) is 63.6 cm³/mol. The molecule has 1 aromatic rings. The zero-order chi connectivity index (χ0) is 11.3. The van der Waals surface area contributed by atoms with E-state index in [4.69, 9.17) is 4.84 Å². The molecule has 0 aromatic heterocycles. The van der Waals surface area contributed by atoms with Crippen molar-refractivity contribution in [1.82, 2.24) is 5.48 Å². The topological polar surface area (TPSA) is 21.3 Å². The van der Waals surface area contributed by atoms with E-state index in [2.05, 4.69) is 36.7 Å². The maximum atomic E-state index is 5.51. The molecule has 0 aliphatic heterocycles. The van der Waals surface area contributed by atoms with Crippen LogP contribution < -0.4 is 5.48 Å². The molecule has 0 fully saturated rings. The lowest BCUT2D eigenvalue weighted by Crippen LogP contribution is -2.36. The summed E-state index contributed by atoms with van der Waals surface area (Å²) >= 11 is 0. The van der Waals surface area contributed by atoms with Crippen LogP contribution in [0.2, 0.25) is 0 Å². The fraction of sp³-hybridized carbons (Fsp3) is 0.538. The van der Waals surface area contributed by atoms with Crippen LogP contribution in [0.15, 0.2) is 30.3 Å². The van der Waals surface area contributed by atoms with Crippen LogP contribution in [0.3, 0.4) is 0 Å². The number of benzene rings is 1. The van der Waals surface area contributed by atoms with Crippen molar-refractivity contribution >= 4 is 0 Å². The fourth-order valence-corrected chi connectivity index (χ4v) is 1.29. The molecule has 0 saturated heterocycles. The first kappa shape index (κ1) is 12.2. The third kappa shape index (κ3) is 5.55. The lowest BCUT2D eigenvalue weighted by atomic mass is 10.1. The maximum Gasteiger partial charge on any atom is 0.0813 e. The van der Waals surface area contributed by atoms with Gasteiger partial charge >= 0.3 is 0 Å². The summed E-state index contributed by atoms with van der Waals surface area (Å²) in [5.74, 6) is 0. The summed E-state index contributed by atoms with van der Waals surface area (Å²) < 4.78 is 0. The molecule has 1 unspecified atom stereocenters. The number of hydrogen-bond donors (Lipinski definition) is 1. The van der Waals surface area contributed by atoms with Gasteiger partial charge in [0.05, 0.1) is 5.60 Å². The van der Waals surface area contributed by atoms with Crippen molar-refractivity contribution in [2.75, 3.05) is 0 Å². The van der Waals surface area contributed by atoms with Gasteiger partial charge in [-0.05, 0) is 39.7 Å². The van der Waals surface area contributed by atoms with E-state index in [9.17, 15) is 0 Å². The van der Waals surface area contributed by atoms with E-state index in [0.29, 0.717) is 6.04 Å². The Bertz CT molecular complexity index is 276. The van der Waals surface area contributed by atoms with Gasteiger partial charge in [0, 0.05) is 6.04 Å². The summed E-state index contributed by atoms with van der Waals surface area (Å²) in [5, 5.41) is 0. The van der Waals surface area contributed by atoms with Gasteiger partial charge in [-0.2, -0.15) is 5.48 Å². The molecule has 2 nitrogen and oxygen atoms in total. The van der Waals surface area contributed by atoms with E-state index in [-0.39, 0.29) is 5.60 Å². The zero-order valence-electron chi connectivity index (χ0n) is 10.1. The SMILES string of the molecule is CC(Cc1ccccc1)NOC(C)(C)C. The summed E-state index contributed by atoms with van der Waals surface area (Å²) in [6.45, 7) is 8.23. The maximum absolute atomic E-state index is 5.51. The minimum Gasteiger partial charge on any atom is -0.296 e. The van der Waals surface area contributed by atoms with Crippen LogP contribution in [0.1, 0.15) is 33.3 Å². The van der Waals surface area contributed by atoms with Crippen molar-refractivity contribution < 1.29 is 4.84 Å². The molecule has 1 aromatic carbocycles. The number of hydroxylamine groups is 1. The highest BCUT2D eigenvalue weighted by Gasteiger charge is 2.12. The van der Waals surface area contributed by atoms with Crippen LogP contribution in [-0.4, -0.2) is 11.6 Å². The molecule has 0 saturated carbocycles. The van der Waals surface area contributed by atoms with Crippen molar-refractivity contribution in [3.63, 3.8) is 0 Å². The molecular weight excluding hydrogens is 186 g/mol. The molecule has 2 heteroatoms. The molecule has 0 spiro atoms. The van der Waals surface area contributed by atoms with Crippen molar-refractivity contribution in [3.8, 4) is 0 Å². The molecule has 0 radical (unpaired) electrons. The van der Waals surface area contributed by atoms with Gasteiger partial charge in [0.15, 0.2) is 0 Å². The highest BCUT2D eigenvalue weighted by molar-refractivity contribution is 5.15. The minimum atomic E-state index is -0.134. The Hall–Kier alpha value is -0.860. The first-order valence-electron chi connectivity index (χ1n) is 5.45. The Balaban J connectivity index is 2.34. The van der Waals surface area contributed by atoms with Crippen LogP contribution in [0.25, 0.3) is 0 Å². The molecule has 0 heterocycles. The van der Waals surface area contributed by atoms with Crippen LogP contribution in [0.5, 0.6) is 0 Å². The number of nitrogens with one attached hydrogen (secondary N) is 1. The van der Waals surface area contributed by atoms with E-state index < -0.39 is 0 Å². The predicted octanol–water partition coefficient (Wildman–Crippen LogP) is 2.94. The van der Waals surface area contributed by atoms with E-state index in [1.165, 1.54) is 5.56 Å². The van der Waals surface area contributed by atoms with E-state index in [1.807, 2.05) is 26.8 Å². The first-order valence-corrected chi connectivity index (χ1v) is 5.45. The van der Waals surface area contributed by atoms with Gasteiger partial charge in [0.2, 0.25) is 0 Å². The largest absolute Gasteiger partial charge is 0.296 e. The van der Waals surface area contributed by atoms with Crippen molar-refractivity contribution in [2.45, 2.75) is 45.8 Å². The molecular formula is C13H21NO. The minimum absolute atomic E-state index is 0.134. The van der Waals surface area contributed by atoms with Crippen molar-refractivity contribution in [3.05, 3.63) is 35.9 Å². The molecule has 1 N–H and O–H groups in total. The van der Waals surface area contributed by atoms with E-state index in [0.717, 1.165) is 6.42 Å². The van der Waals surface area contributed by atoms with Gasteiger partial charge in [-0.1, -0.05) is 30.3 Å². The summed E-state index contributed by atoms with van der Waals surface area (Å²) in [5.41, 5.74) is 4.27.